The summed E-state index contributed by atoms with van der Waals surface area (Å²) >= 11 is 6.04. The lowest BCUT2D eigenvalue weighted by molar-refractivity contribution is -0.146. The molecule has 0 aliphatic heterocycles. The third-order valence-corrected chi connectivity index (χ3v) is 5.48. The molecule has 0 saturated heterocycles. The zero-order valence-corrected chi connectivity index (χ0v) is 20.3. The lowest BCUT2D eigenvalue weighted by Crippen LogP contribution is -2.19. The summed E-state index contributed by atoms with van der Waals surface area (Å²) in [5.74, 6) is -1.85. The fourth-order valence-corrected chi connectivity index (χ4v) is 3.77. The van der Waals surface area contributed by atoms with E-state index in [1.54, 1.807) is 24.5 Å². The molecule has 10 heteroatoms. The maximum atomic E-state index is 13.8. The lowest BCUT2D eigenvalue weighted by Gasteiger charge is -2.09. The molecule has 1 N–H and O–H groups in total. The fraction of sp³-hybridized carbons (Fsp3) is 0.154. The van der Waals surface area contributed by atoms with Crippen LogP contribution in [0.25, 0.3) is 27.8 Å². The first-order valence-electron chi connectivity index (χ1n) is 11.1. The van der Waals surface area contributed by atoms with Crippen LogP contribution in [0.5, 0.6) is 0 Å². The van der Waals surface area contributed by atoms with Gasteiger partial charge >= 0.3 is 11.9 Å². The predicted molar refractivity (Wildman–Crippen MR) is 134 cm³/mol. The quantitative estimate of drug-likeness (QED) is 0.149. The molecular formula is C26H22ClFN4O4. The second-order valence-electron chi connectivity index (χ2n) is 7.44. The van der Waals surface area contributed by atoms with Crippen molar-refractivity contribution >= 4 is 40.4 Å². The summed E-state index contributed by atoms with van der Waals surface area (Å²) < 4.78 is 25.6. The van der Waals surface area contributed by atoms with Crippen molar-refractivity contribution in [1.82, 2.24) is 14.5 Å². The number of anilines is 1. The minimum atomic E-state index is -0.824. The molecule has 0 unspecified atom stereocenters. The highest BCUT2D eigenvalue weighted by Crippen LogP contribution is 2.36. The van der Waals surface area contributed by atoms with Crippen LogP contribution in [0.3, 0.4) is 0 Å². The molecule has 0 fully saturated rings. The second-order valence-corrected chi connectivity index (χ2v) is 7.85. The second kappa shape index (κ2) is 11.0. The molecule has 2 heterocycles. The molecule has 0 aliphatic rings. The van der Waals surface area contributed by atoms with Gasteiger partial charge in [0.15, 0.2) is 11.2 Å². The number of benzene rings is 2. The number of nitrogens with zero attached hydrogens (tertiary/aromatic N) is 3. The van der Waals surface area contributed by atoms with Crippen LogP contribution in [0.15, 0.2) is 72.8 Å². The number of ether oxygens (including phenoxy) is 2. The normalized spacial score (nSPS) is 10.7. The van der Waals surface area contributed by atoms with E-state index in [2.05, 4.69) is 15.3 Å². The Balaban J connectivity index is 1.89. The number of hydrogen-bond donors (Lipinski definition) is 1. The van der Waals surface area contributed by atoms with Crippen LogP contribution in [0, 0.1) is 5.82 Å². The molecule has 0 atom stereocenters. The van der Waals surface area contributed by atoms with Crippen LogP contribution in [-0.4, -0.2) is 39.7 Å². The first-order chi connectivity index (χ1) is 17.4. The monoisotopic (exact) mass is 508 g/mol. The highest BCUT2D eigenvalue weighted by Gasteiger charge is 2.22. The number of nitrogens with one attached hydrogen (secondary N) is 1. The van der Waals surface area contributed by atoms with E-state index in [1.165, 1.54) is 24.7 Å². The molecule has 0 spiro atoms. The molecule has 0 radical (unpaired) electrons. The number of halogens is 2. The van der Waals surface area contributed by atoms with Crippen molar-refractivity contribution in [3.63, 3.8) is 0 Å². The Labute approximate surface area is 211 Å². The van der Waals surface area contributed by atoms with Crippen molar-refractivity contribution < 1.29 is 23.5 Å². The maximum Gasteiger partial charge on any atom is 0.347 e. The zero-order chi connectivity index (χ0) is 25.7. The average Bonchev–Trinajstić information content (AvgIpc) is 3.27. The number of rotatable bonds is 8. The number of carbonyl (C=O) groups excluding carboxylic acids is 2. The Bertz CT molecular complexity index is 1430. The molecule has 8 nitrogen and oxygen atoms in total. The van der Waals surface area contributed by atoms with Crippen molar-refractivity contribution in [2.75, 3.05) is 18.5 Å². The van der Waals surface area contributed by atoms with Crippen molar-refractivity contribution in [1.29, 1.82) is 0 Å². The highest BCUT2D eigenvalue weighted by molar-refractivity contribution is 6.30. The third kappa shape index (κ3) is 5.06. The van der Waals surface area contributed by atoms with Gasteiger partial charge in [-0.25, -0.2) is 23.9 Å². The summed E-state index contributed by atoms with van der Waals surface area (Å²) in [5.41, 5.74) is 2.41. The summed E-state index contributed by atoms with van der Waals surface area (Å²) in [6.07, 6.45) is 4.38. The van der Waals surface area contributed by atoms with Crippen LogP contribution < -0.4 is 5.32 Å². The van der Waals surface area contributed by atoms with Crippen LogP contribution in [0.4, 0.5) is 10.2 Å². The van der Waals surface area contributed by atoms with Gasteiger partial charge in [0.05, 0.1) is 23.6 Å². The number of carbonyl (C=O) groups is 2. The Morgan fingerprint density at radius 2 is 1.75 bits per heavy atom. The minimum absolute atomic E-state index is 0.0283. The molecule has 0 amide bonds. The van der Waals surface area contributed by atoms with Gasteiger partial charge in [-0.1, -0.05) is 41.9 Å². The van der Waals surface area contributed by atoms with E-state index >= 15 is 0 Å². The van der Waals surface area contributed by atoms with Gasteiger partial charge in [-0.3, -0.25) is 0 Å². The lowest BCUT2D eigenvalue weighted by atomic mass is 10.1. The summed E-state index contributed by atoms with van der Waals surface area (Å²) in [7, 11) is 0. The molecule has 0 aliphatic carbocycles. The summed E-state index contributed by atoms with van der Waals surface area (Å²) in [4.78, 5) is 33.5. The van der Waals surface area contributed by atoms with E-state index < -0.39 is 17.8 Å². The number of esters is 2. The molecule has 2 aromatic heterocycles. The molecule has 184 valence electrons. The zero-order valence-electron chi connectivity index (χ0n) is 19.5. The van der Waals surface area contributed by atoms with Crippen LogP contribution >= 0.6 is 11.6 Å². The minimum Gasteiger partial charge on any atom is -0.462 e. The van der Waals surface area contributed by atoms with E-state index in [1.807, 2.05) is 36.5 Å². The molecule has 0 bridgehead atoms. The molecule has 0 saturated carbocycles. The third-order valence-electron chi connectivity index (χ3n) is 5.19. The fourth-order valence-electron chi connectivity index (χ4n) is 3.60. The van der Waals surface area contributed by atoms with E-state index in [0.29, 0.717) is 22.5 Å². The molecular weight excluding hydrogens is 487 g/mol. The van der Waals surface area contributed by atoms with E-state index in [0.717, 1.165) is 11.1 Å². The van der Waals surface area contributed by atoms with Crippen molar-refractivity contribution in [2.45, 2.75) is 13.8 Å². The predicted octanol–water partition coefficient (Wildman–Crippen LogP) is 5.30. The van der Waals surface area contributed by atoms with Gasteiger partial charge in [0.1, 0.15) is 18.0 Å². The van der Waals surface area contributed by atoms with Crippen molar-refractivity contribution in [3.05, 3.63) is 83.7 Å². The van der Waals surface area contributed by atoms with Crippen molar-refractivity contribution in [2.24, 2.45) is 0 Å². The van der Waals surface area contributed by atoms with E-state index in [-0.39, 0.29) is 23.8 Å². The van der Waals surface area contributed by atoms with E-state index in [9.17, 15) is 14.0 Å². The van der Waals surface area contributed by atoms with Crippen molar-refractivity contribution in [3.8, 4) is 16.8 Å². The Morgan fingerprint density at radius 3 is 2.39 bits per heavy atom. The first-order valence-corrected chi connectivity index (χ1v) is 11.5. The molecule has 2 aromatic carbocycles. The average molecular weight is 509 g/mol. The highest BCUT2D eigenvalue weighted by atomic mass is 35.5. The van der Waals surface area contributed by atoms with Gasteiger partial charge < -0.3 is 19.4 Å². The largest absolute Gasteiger partial charge is 0.462 e. The molecule has 36 heavy (non-hydrogen) atoms. The summed E-state index contributed by atoms with van der Waals surface area (Å²) in [5, 5.41) is 3.52. The van der Waals surface area contributed by atoms with Gasteiger partial charge in [0, 0.05) is 23.6 Å². The van der Waals surface area contributed by atoms with Gasteiger partial charge in [-0.2, -0.15) is 0 Å². The Kier molecular flexibility index (Phi) is 7.60. The number of fused-ring (bicyclic) bond motifs is 1. The first kappa shape index (κ1) is 24.9. The van der Waals surface area contributed by atoms with Crippen LogP contribution in [0.1, 0.15) is 13.8 Å². The topological polar surface area (TPSA) is 95.3 Å². The van der Waals surface area contributed by atoms with E-state index in [4.69, 9.17) is 21.1 Å². The standard InChI is InChI=1S/C26H22ClFN4O4/c1-3-35-25(33)18(26(34)36-4-2)13-29-23-22-19(16-8-6-5-7-9-16)14-32(24(22)31-15-30-23)17-10-11-21(28)20(27)12-17/h5-15H,3-4H2,1-2H3,(H,29,30,31). The summed E-state index contributed by atoms with van der Waals surface area (Å²) in [6, 6.07) is 13.9. The van der Waals surface area contributed by atoms with Gasteiger partial charge in [0.2, 0.25) is 0 Å². The SMILES string of the molecule is CCOC(=O)C(=CNc1ncnc2c1c(-c1ccccc1)cn2-c1ccc(F)c(Cl)c1)C(=O)OCC. The summed E-state index contributed by atoms with van der Waals surface area (Å²) in [6.45, 7) is 3.46. The maximum absolute atomic E-state index is 13.8. The van der Waals surface area contributed by atoms with Gasteiger partial charge in [-0.15, -0.1) is 0 Å². The van der Waals surface area contributed by atoms with Gasteiger partial charge in [0.25, 0.3) is 0 Å². The van der Waals surface area contributed by atoms with Crippen LogP contribution in [-0.2, 0) is 19.1 Å². The van der Waals surface area contributed by atoms with Gasteiger partial charge in [-0.05, 0) is 37.6 Å². The smallest absolute Gasteiger partial charge is 0.347 e. The Hall–Kier alpha value is -4.24. The number of aromatic nitrogens is 3. The number of hydrogen-bond acceptors (Lipinski definition) is 7. The van der Waals surface area contributed by atoms with Crippen LogP contribution in [0.2, 0.25) is 5.02 Å². The Morgan fingerprint density at radius 1 is 1.06 bits per heavy atom. The molecule has 4 aromatic rings. The molecule has 4 rings (SSSR count).